The Morgan fingerprint density at radius 2 is 2.16 bits per heavy atom. The van der Waals surface area contributed by atoms with E-state index in [1.54, 1.807) is 0 Å². The van der Waals surface area contributed by atoms with Crippen molar-refractivity contribution in [3.8, 4) is 0 Å². The number of hydrogen-bond acceptors (Lipinski definition) is 5. The smallest absolute Gasteiger partial charge is 0.232 e. The summed E-state index contributed by atoms with van der Waals surface area (Å²) in [7, 11) is 2.11. The molecule has 5 nitrogen and oxygen atoms in total. The van der Waals surface area contributed by atoms with Crippen molar-refractivity contribution >= 4 is 0 Å². The van der Waals surface area contributed by atoms with Crippen LogP contribution < -0.4 is 5.32 Å². The van der Waals surface area contributed by atoms with Crippen LogP contribution in [0.3, 0.4) is 0 Å². The highest BCUT2D eigenvalue weighted by Crippen LogP contribution is 2.20. The molecule has 0 bridgehead atoms. The van der Waals surface area contributed by atoms with Gasteiger partial charge in [-0.1, -0.05) is 32.3 Å². The zero-order valence-electron chi connectivity index (χ0n) is 12.6. The second kappa shape index (κ2) is 6.01. The van der Waals surface area contributed by atoms with Crippen LogP contribution in [0, 0.1) is 0 Å². The Morgan fingerprint density at radius 3 is 2.74 bits per heavy atom. The zero-order valence-corrected chi connectivity index (χ0v) is 12.6. The number of rotatable bonds is 4. The second-order valence-electron chi connectivity index (χ2n) is 6.61. The summed E-state index contributed by atoms with van der Waals surface area (Å²) in [6, 6.07) is 0.604. The molecule has 1 aromatic rings. The van der Waals surface area contributed by atoms with Gasteiger partial charge in [-0.2, -0.15) is 4.98 Å². The Kier molecular flexibility index (Phi) is 4.58. The number of likely N-dealkylation sites (N-methyl/N-ethyl adjacent to an activating group) is 1. The minimum atomic E-state index is -0.0747. The molecule has 1 N–H and O–H groups in total. The molecule has 1 aliphatic heterocycles. The average Bonchev–Trinajstić information content (AvgIpc) is 2.78. The van der Waals surface area contributed by atoms with Crippen molar-refractivity contribution in [1.82, 2.24) is 20.4 Å². The molecular weight excluding hydrogens is 240 g/mol. The highest BCUT2D eigenvalue weighted by Gasteiger charge is 2.22. The molecule has 2 heterocycles. The lowest BCUT2D eigenvalue weighted by molar-refractivity contribution is 0.248. The molecule has 0 saturated carbocycles. The van der Waals surface area contributed by atoms with Crippen LogP contribution in [-0.4, -0.2) is 41.2 Å². The minimum Gasteiger partial charge on any atom is -0.339 e. The minimum absolute atomic E-state index is 0.0747. The Morgan fingerprint density at radius 1 is 1.37 bits per heavy atom. The van der Waals surface area contributed by atoms with E-state index in [-0.39, 0.29) is 5.41 Å². The van der Waals surface area contributed by atoms with E-state index in [1.165, 1.54) is 19.3 Å². The molecule has 0 aliphatic carbocycles. The van der Waals surface area contributed by atoms with E-state index in [2.05, 4.69) is 48.2 Å². The third-order valence-corrected chi connectivity index (χ3v) is 3.47. The van der Waals surface area contributed by atoms with Crippen molar-refractivity contribution in [3.63, 3.8) is 0 Å². The fraction of sp³-hybridized carbons (Fsp3) is 0.857. The fourth-order valence-electron chi connectivity index (χ4n) is 2.38. The van der Waals surface area contributed by atoms with Crippen LogP contribution in [0.5, 0.6) is 0 Å². The summed E-state index contributed by atoms with van der Waals surface area (Å²) in [6.07, 6.45) is 3.91. The summed E-state index contributed by atoms with van der Waals surface area (Å²) in [6.45, 7) is 9.19. The number of piperidine rings is 1. The first-order chi connectivity index (χ1) is 8.95. The molecule has 1 saturated heterocycles. The molecule has 5 heteroatoms. The SMILES string of the molecule is CN(Cc1noc(C(C)(C)C)n1)CC1CCCCN1. The molecular formula is C14H26N4O. The van der Waals surface area contributed by atoms with Crippen LogP contribution in [-0.2, 0) is 12.0 Å². The van der Waals surface area contributed by atoms with Gasteiger partial charge < -0.3 is 9.84 Å². The Labute approximate surface area is 115 Å². The molecule has 1 aliphatic rings. The van der Waals surface area contributed by atoms with E-state index in [0.29, 0.717) is 11.9 Å². The van der Waals surface area contributed by atoms with Crippen molar-refractivity contribution < 1.29 is 4.52 Å². The van der Waals surface area contributed by atoms with E-state index < -0.39 is 0 Å². The normalized spacial score (nSPS) is 21.0. The Hall–Kier alpha value is -0.940. The summed E-state index contributed by atoms with van der Waals surface area (Å²) < 4.78 is 5.32. The van der Waals surface area contributed by atoms with E-state index in [4.69, 9.17) is 4.52 Å². The van der Waals surface area contributed by atoms with Gasteiger partial charge in [-0.15, -0.1) is 0 Å². The quantitative estimate of drug-likeness (QED) is 0.902. The fourth-order valence-corrected chi connectivity index (χ4v) is 2.38. The predicted molar refractivity (Wildman–Crippen MR) is 75.0 cm³/mol. The van der Waals surface area contributed by atoms with Gasteiger partial charge >= 0.3 is 0 Å². The van der Waals surface area contributed by atoms with Crippen LogP contribution in [0.15, 0.2) is 4.52 Å². The lowest BCUT2D eigenvalue weighted by Gasteiger charge is -2.27. The highest BCUT2D eigenvalue weighted by atomic mass is 16.5. The van der Waals surface area contributed by atoms with Crippen molar-refractivity contribution in [2.45, 2.75) is 58.0 Å². The standard InChI is InChI=1S/C14H26N4O/c1-14(2,3)13-16-12(17-19-13)10-18(4)9-11-7-5-6-8-15-11/h11,15H,5-10H2,1-4H3. The Balaban J connectivity index is 1.84. The van der Waals surface area contributed by atoms with Gasteiger partial charge in [-0.25, -0.2) is 0 Å². The monoisotopic (exact) mass is 266 g/mol. The lowest BCUT2D eigenvalue weighted by Crippen LogP contribution is -2.42. The van der Waals surface area contributed by atoms with Gasteiger partial charge in [0.15, 0.2) is 5.82 Å². The van der Waals surface area contributed by atoms with Gasteiger partial charge in [0.05, 0.1) is 6.54 Å². The first-order valence-electron chi connectivity index (χ1n) is 7.20. The Bertz CT molecular complexity index is 390. The maximum Gasteiger partial charge on any atom is 0.232 e. The van der Waals surface area contributed by atoms with Gasteiger partial charge in [0.25, 0.3) is 0 Å². The predicted octanol–water partition coefficient (Wildman–Crippen LogP) is 1.94. The van der Waals surface area contributed by atoms with E-state index in [0.717, 1.165) is 25.5 Å². The molecule has 0 aromatic carbocycles. The first kappa shape index (κ1) is 14.5. The van der Waals surface area contributed by atoms with Crippen molar-refractivity contribution in [2.75, 3.05) is 20.1 Å². The van der Waals surface area contributed by atoms with E-state index >= 15 is 0 Å². The van der Waals surface area contributed by atoms with Crippen LogP contribution in [0.25, 0.3) is 0 Å². The van der Waals surface area contributed by atoms with Crippen LogP contribution in [0.2, 0.25) is 0 Å². The molecule has 108 valence electrons. The van der Waals surface area contributed by atoms with Gasteiger partial charge in [-0.05, 0) is 26.4 Å². The van der Waals surface area contributed by atoms with Crippen LogP contribution >= 0.6 is 0 Å². The molecule has 1 unspecified atom stereocenters. The topological polar surface area (TPSA) is 54.2 Å². The van der Waals surface area contributed by atoms with Crippen molar-refractivity contribution in [2.24, 2.45) is 0 Å². The molecule has 1 fully saturated rings. The van der Waals surface area contributed by atoms with Gasteiger partial charge in [0, 0.05) is 18.0 Å². The number of nitrogens with one attached hydrogen (secondary N) is 1. The maximum absolute atomic E-state index is 5.32. The first-order valence-corrected chi connectivity index (χ1v) is 7.20. The molecule has 0 amide bonds. The summed E-state index contributed by atoms with van der Waals surface area (Å²) >= 11 is 0. The number of nitrogens with zero attached hydrogens (tertiary/aromatic N) is 3. The zero-order chi connectivity index (χ0) is 13.9. The summed E-state index contributed by atoms with van der Waals surface area (Å²) in [5.41, 5.74) is -0.0747. The largest absolute Gasteiger partial charge is 0.339 e. The van der Waals surface area contributed by atoms with E-state index in [9.17, 15) is 0 Å². The lowest BCUT2D eigenvalue weighted by atomic mass is 9.97. The molecule has 19 heavy (non-hydrogen) atoms. The van der Waals surface area contributed by atoms with Crippen LogP contribution in [0.1, 0.15) is 51.7 Å². The van der Waals surface area contributed by atoms with Gasteiger partial charge in [0.1, 0.15) is 0 Å². The third-order valence-electron chi connectivity index (χ3n) is 3.47. The van der Waals surface area contributed by atoms with Crippen molar-refractivity contribution in [1.29, 1.82) is 0 Å². The summed E-state index contributed by atoms with van der Waals surface area (Å²) in [4.78, 5) is 6.74. The second-order valence-corrected chi connectivity index (χ2v) is 6.61. The number of hydrogen-bond donors (Lipinski definition) is 1. The van der Waals surface area contributed by atoms with Gasteiger partial charge in [-0.3, -0.25) is 4.90 Å². The van der Waals surface area contributed by atoms with E-state index in [1.807, 2.05) is 0 Å². The summed E-state index contributed by atoms with van der Waals surface area (Å²) in [5, 5.41) is 7.63. The summed E-state index contributed by atoms with van der Waals surface area (Å²) in [5.74, 6) is 1.50. The molecule has 1 aromatic heterocycles. The molecule has 0 radical (unpaired) electrons. The molecule has 1 atom stereocenters. The maximum atomic E-state index is 5.32. The highest BCUT2D eigenvalue weighted by molar-refractivity contribution is 4.98. The molecule has 2 rings (SSSR count). The van der Waals surface area contributed by atoms with Gasteiger partial charge in [0.2, 0.25) is 5.89 Å². The van der Waals surface area contributed by atoms with Crippen LogP contribution in [0.4, 0.5) is 0 Å². The average molecular weight is 266 g/mol. The van der Waals surface area contributed by atoms with Crippen molar-refractivity contribution in [3.05, 3.63) is 11.7 Å². The third kappa shape index (κ3) is 4.28. The number of aromatic nitrogens is 2. The molecule has 0 spiro atoms.